The fourth-order valence-electron chi connectivity index (χ4n) is 3.12. The molecule has 0 unspecified atom stereocenters. The highest BCUT2D eigenvalue weighted by Gasteiger charge is 2.26. The standard InChI is InChI=1S/C19H17N3O4S/c1-20-27(24,25)13-4-6-18-15(9-13)16(19(23)22-18)7-11-10-21-17-5-3-12(26-2)8-14(11)17/h3-10,20-21H,1-2H3,(H,22,23). The van der Waals surface area contributed by atoms with Gasteiger partial charge in [-0.2, -0.15) is 0 Å². The summed E-state index contributed by atoms with van der Waals surface area (Å²) in [6.07, 6.45) is 3.55. The second-order valence-corrected chi connectivity index (χ2v) is 7.97. The van der Waals surface area contributed by atoms with E-state index in [-0.39, 0.29) is 10.8 Å². The topological polar surface area (TPSA) is 100 Å². The number of methoxy groups -OCH3 is 1. The zero-order chi connectivity index (χ0) is 19.2. The third-order valence-corrected chi connectivity index (χ3v) is 5.99. The van der Waals surface area contributed by atoms with E-state index in [4.69, 9.17) is 4.74 Å². The number of fused-ring (bicyclic) bond motifs is 2. The van der Waals surface area contributed by atoms with Crippen LogP contribution >= 0.6 is 0 Å². The lowest BCUT2D eigenvalue weighted by molar-refractivity contribution is -0.110. The van der Waals surface area contributed by atoms with Gasteiger partial charge in [-0.25, -0.2) is 13.1 Å². The molecular formula is C19H17N3O4S. The first-order valence-corrected chi connectivity index (χ1v) is 9.67. The number of nitrogens with one attached hydrogen (secondary N) is 3. The zero-order valence-corrected chi connectivity index (χ0v) is 15.5. The van der Waals surface area contributed by atoms with E-state index in [1.165, 1.54) is 19.2 Å². The molecule has 8 heteroatoms. The van der Waals surface area contributed by atoms with Crippen molar-refractivity contribution >= 4 is 44.2 Å². The molecule has 3 N–H and O–H groups in total. The maximum Gasteiger partial charge on any atom is 0.256 e. The van der Waals surface area contributed by atoms with E-state index in [1.807, 2.05) is 18.2 Å². The Morgan fingerprint density at radius 3 is 2.70 bits per heavy atom. The minimum absolute atomic E-state index is 0.103. The van der Waals surface area contributed by atoms with Crippen LogP contribution in [0.5, 0.6) is 5.75 Å². The van der Waals surface area contributed by atoms with Gasteiger partial charge in [-0.1, -0.05) is 0 Å². The molecule has 0 aliphatic carbocycles. The molecule has 4 rings (SSSR count). The largest absolute Gasteiger partial charge is 0.497 e. The van der Waals surface area contributed by atoms with Crippen molar-refractivity contribution in [2.24, 2.45) is 0 Å². The number of hydrogen-bond donors (Lipinski definition) is 3. The van der Waals surface area contributed by atoms with Crippen LogP contribution < -0.4 is 14.8 Å². The molecule has 7 nitrogen and oxygen atoms in total. The van der Waals surface area contributed by atoms with Gasteiger partial charge < -0.3 is 15.0 Å². The van der Waals surface area contributed by atoms with Gasteiger partial charge in [-0.15, -0.1) is 0 Å². The predicted molar refractivity (Wildman–Crippen MR) is 104 cm³/mol. The fourth-order valence-corrected chi connectivity index (χ4v) is 3.87. The van der Waals surface area contributed by atoms with Crippen LogP contribution in [-0.4, -0.2) is 33.5 Å². The van der Waals surface area contributed by atoms with Crippen LogP contribution in [0.2, 0.25) is 0 Å². The van der Waals surface area contributed by atoms with Crippen molar-refractivity contribution in [3.63, 3.8) is 0 Å². The zero-order valence-electron chi connectivity index (χ0n) is 14.7. The van der Waals surface area contributed by atoms with E-state index < -0.39 is 10.0 Å². The van der Waals surface area contributed by atoms with Gasteiger partial charge >= 0.3 is 0 Å². The molecule has 1 aliphatic rings. The molecule has 0 saturated carbocycles. The number of aromatic nitrogens is 1. The van der Waals surface area contributed by atoms with Gasteiger partial charge in [0.15, 0.2) is 0 Å². The lowest BCUT2D eigenvalue weighted by Crippen LogP contribution is -2.18. The molecule has 2 aromatic carbocycles. The number of hydrogen-bond acceptors (Lipinski definition) is 4. The molecule has 0 bridgehead atoms. The number of carbonyl (C=O) groups excluding carboxylic acids is 1. The number of anilines is 1. The molecule has 0 saturated heterocycles. The summed E-state index contributed by atoms with van der Waals surface area (Å²) < 4.78 is 31.8. The van der Waals surface area contributed by atoms with Crippen molar-refractivity contribution in [2.45, 2.75) is 4.90 Å². The normalized spacial score (nSPS) is 15.2. The number of H-pyrrole nitrogens is 1. The maximum absolute atomic E-state index is 12.5. The van der Waals surface area contributed by atoms with Crippen molar-refractivity contribution in [3.8, 4) is 5.75 Å². The van der Waals surface area contributed by atoms with Gasteiger partial charge in [0.25, 0.3) is 5.91 Å². The van der Waals surface area contributed by atoms with Crippen LogP contribution in [0.3, 0.4) is 0 Å². The molecule has 0 atom stereocenters. The Hall–Kier alpha value is -3.10. The Morgan fingerprint density at radius 2 is 1.96 bits per heavy atom. The van der Waals surface area contributed by atoms with E-state index in [2.05, 4.69) is 15.0 Å². The number of amides is 1. The molecule has 1 amide bonds. The molecule has 2 heterocycles. The van der Waals surface area contributed by atoms with Crippen molar-refractivity contribution in [1.82, 2.24) is 9.71 Å². The summed E-state index contributed by atoms with van der Waals surface area (Å²) in [5.41, 5.74) is 3.26. The number of carbonyl (C=O) groups is 1. The summed E-state index contributed by atoms with van der Waals surface area (Å²) in [5.74, 6) is 0.432. The lowest BCUT2D eigenvalue weighted by Gasteiger charge is -2.05. The second-order valence-electron chi connectivity index (χ2n) is 6.08. The summed E-state index contributed by atoms with van der Waals surface area (Å²) >= 11 is 0. The number of ether oxygens (including phenoxy) is 1. The van der Waals surface area contributed by atoms with Gasteiger partial charge in [-0.3, -0.25) is 4.79 Å². The molecule has 1 aromatic heterocycles. The fraction of sp³-hybridized carbons (Fsp3) is 0.105. The average molecular weight is 383 g/mol. The number of benzene rings is 2. The molecule has 3 aromatic rings. The summed E-state index contributed by atoms with van der Waals surface area (Å²) in [7, 11) is -0.663. The highest BCUT2D eigenvalue weighted by Crippen LogP contribution is 2.36. The summed E-state index contributed by atoms with van der Waals surface area (Å²) in [6.45, 7) is 0. The molecule has 27 heavy (non-hydrogen) atoms. The Labute approximate surface area is 156 Å². The summed E-state index contributed by atoms with van der Waals surface area (Å²) in [4.78, 5) is 15.7. The smallest absolute Gasteiger partial charge is 0.256 e. The quantitative estimate of drug-likeness (QED) is 0.603. The van der Waals surface area contributed by atoms with Gasteiger partial charge in [0.1, 0.15) is 5.75 Å². The van der Waals surface area contributed by atoms with Crippen molar-refractivity contribution in [2.75, 3.05) is 19.5 Å². The van der Waals surface area contributed by atoms with Gasteiger partial charge in [0, 0.05) is 39.5 Å². The average Bonchev–Trinajstić information content (AvgIpc) is 3.22. The summed E-state index contributed by atoms with van der Waals surface area (Å²) in [6, 6.07) is 10.2. The van der Waals surface area contributed by atoms with Gasteiger partial charge in [0.05, 0.1) is 12.0 Å². The maximum atomic E-state index is 12.5. The Morgan fingerprint density at radius 1 is 1.15 bits per heavy atom. The van der Waals surface area contributed by atoms with Gasteiger partial charge in [-0.05, 0) is 49.5 Å². The van der Waals surface area contributed by atoms with Crippen molar-refractivity contribution < 1.29 is 17.9 Å². The third-order valence-electron chi connectivity index (χ3n) is 4.57. The van der Waals surface area contributed by atoms with Crippen LogP contribution in [0.15, 0.2) is 47.5 Å². The molecule has 0 spiro atoms. The number of aromatic amines is 1. The highest BCUT2D eigenvalue weighted by atomic mass is 32.2. The number of rotatable bonds is 4. The van der Waals surface area contributed by atoms with E-state index in [9.17, 15) is 13.2 Å². The Bertz CT molecular complexity index is 1210. The van der Waals surface area contributed by atoms with E-state index >= 15 is 0 Å². The Kier molecular flexibility index (Phi) is 4.01. The first-order valence-electron chi connectivity index (χ1n) is 8.19. The van der Waals surface area contributed by atoms with Crippen LogP contribution in [0.4, 0.5) is 5.69 Å². The van der Waals surface area contributed by atoms with Crippen molar-refractivity contribution in [1.29, 1.82) is 0 Å². The lowest BCUT2D eigenvalue weighted by atomic mass is 10.0. The van der Waals surface area contributed by atoms with Crippen LogP contribution in [-0.2, 0) is 14.8 Å². The molecule has 0 fully saturated rings. The van der Waals surface area contributed by atoms with Crippen LogP contribution in [0.25, 0.3) is 22.6 Å². The molecule has 138 valence electrons. The van der Waals surface area contributed by atoms with E-state index in [1.54, 1.807) is 25.4 Å². The second kappa shape index (κ2) is 6.26. The summed E-state index contributed by atoms with van der Waals surface area (Å²) in [5, 5.41) is 3.67. The molecule has 1 aliphatic heterocycles. The molecular weight excluding hydrogens is 366 g/mol. The van der Waals surface area contributed by atoms with Crippen LogP contribution in [0, 0.1) is 0 Å². The first kappa shape index (κ1) is 17.3. The number of sulfonamides is 1. The van der Waals surface area contributed by atoms with Crippen molar-refractivity contribution in [3.05, 3.63) is 53.7 Å². The third kappa shape index (κ3) is 2.88. The minimum Gasteiger partial charge on any atom is -0.497 e. The Balaban J connectivity index is 1.87. The first-order chi connectivity index (χ1) is 12.9. The van der Waals surface area contributed by atoms with E-state index in [0.29, 0.717) is 22.6 Å². The predicted octanol–water partition coefficient (Wildman–Crippen LogP) is 2.58. The van der Waals surface area contributed by atoms with Gasteiger partial charge in [0.2, 0.25) is 10.0 Å². The van der Waals surface area contributed by atoms with E-state index in [0.717, 1.165) is 16.5 Å². The monoisotopic (exact) mass is 383 g/mol. The minimum atomic E-state index is -3.61. The highest BCUT2D eigenvalue weighted by molar-refractivity contribution is 7.89. The van der Waals surface area contributed by atoms with Crippen LogP contribution in [0.1, 0.15) is 11.1 Å². The SMILES string of the molecule is CNS(=O)(=O)c1ccc2c(c1)C(=Cc1c[nH]c3ccc(OC)cc13)C(=O)N2. The molecule has 0 radical (unpaired) electrons.